The van der Waals surface area contributed by atoms with Crippen LogP contribution in [0.2, 0.25) is 5.02 Å². The van der Waals surface area contributed by atoms with Crippen molar-refractivity contribution in [1.29, 1.82) is 0 Å². The Morgan fingerprint density at radius 2 is 2.07 bits per heavy atom. The van der Waals surface area contributed by atoms with Gasteiger partial charge in [-0.2, -0.15) is 0 Å². The monoisotopic (exact) mass is 209 g/mol. The Balaban J connectivity index is 1.89. The van der Waals surface area contributed by atoms with E-state index in [0.29, 0.717) is 6.04 Å². The highest BCUT2D eigenvalue weighted by atomic mass is 35.5. The van der Waals surface area contributed by atoms with E-state index in [0.717, 1.165) is 17.5 Å². The average molecular weight is 210 g/mol. The number of benzene rings is 1. The first-order valence-electron chi connectivity index (χ1n) is 5.30. The summed E-state index contributed by atoms with van der Waals surface area (Å²) in [6.07, 6.45) is 2.49. The van der Waals surface area contributed by atoms with Crippen LogP contribution >= 0.6 is 11.6 Å². The van der Waals surface area contributed by atoms with Gasteiger partial charge in [0.2, 0.25) is 0 Å². The molecule has 0 heterocycles. The Labute approximate surface area is 90.5 Å². The molecule has 1 fully saturated rings. The maximum absolute atomic E-state index is 5.84. The molecule has 0 amide bonds. The summed E-state index contributed by atoms with van der Waals surface area (Å²) in [5, 5.41) is 4.36. The highest BCUT2D eigenvalue weighted by Crippen LogP contribution is 2.40. The van der Waals surface area contributed by atoms with Gasteiger partial charge in [-0.1, -0.05) is 30.7 Å². The molecule has 0 aromatic heterocycles. The van der Waals surface area contributed by atoms with E-state index in [1.165, 1.54) is 18.4 Å². The Bertz CT molecular complexity index is 294. The maximum Gasteiger partial charge on any atom is 0.0406 e. The zero-order chi connectivity index (χ0) is 9.97. The van der Waals surface area contributed by atoms with Crippen molar-refractivity contribution in [3.05, 3.63) is 34.9 Å². The number of halogens is 1. The van der Waals surface area contributed by atoms with Crippen molar-refractivity contribution < 1.29 is 0 Å². The summed E-state index contributed by atoms with van der Waals surface area (Å²) in [6.45, 7) is 3.33. The van der Waals surface area contributed by atoms with E-state index in [4.69, 9.17) is 11.6 Å². The molecule has 1 aromatic rings. The summed E-state index contributed by atoms with van der Waals surface area (Å²) in [5.74, 6) is 0.721. The minimum Gasteiger partial charge on any atom is -0.313 e. The summed E-state index contributed by atoms with van der Waals surface area (Å²) in [7, 11) is 0. The summed E-state index contributed by atoms with van der Waals surface area (Å²) < 4.78 is 0. The quantitative estimate of drug-likeness (QED) is 0.803. The zero-order valence-corrected chi connectivity index (χ0v) is 9.22. The molecule has 0 bridgehead atoms. The lowest BCUT2D eigenvalue weighted by Gasteiger charge is -2.02. The van der Waals surface area contributed by atoms with Crippen molar-refractivity contribution in [3.8, 4) is 0 Å². The fraction of sp³-hybridized carbons (Fsp3) is 0.500. The molecule has 0 radical (unpaired) electrons. The lowest BCUT2D eigenvalue weighted by Crippen LogP contribution is -2.18. The van der Waals surface area contributed by atoms with Crippen LogP contribution in [0.15, 0.2) is 24.3 Å². The average Bonchev–Trinajstić information content (AvgIpc) is 2.95. The summed E-state index contributed by atoms with van der Waals surface area (Å²) >= 11 is 5.84. The van der Waals surface area contributed by atoms with Crippen LogP contribution in [0, 0.1) is 0 Å². The molecule has 1 aliphatic rings. The standard InChI is InChI=1S/C12H16ClN/c1-2-7-14-12-8-11(12)9-3-5-10(13)6-4-9/h3-6,11-12,14H,2,7-8H2,1H3/t11-,12+/m0/s1. The van der Waals surface area contributed by atoms with Crippen molar-refractivity contribution in [2.45, 2.75) is 31.7 Å². The second kappa shape index (κ2) is 4.33. The van der Waals surface area contributed by atoms with Crippen LogP contribution in [-0.2, 0) is 0 Å². The van der Waals surface area contributed by atoms with Gasteiger partial charge in [0.15, 0.2) is 0 Å². The smallest absolute Gasteiger partial charge is 0.0406 e. The molecule has 0 saturated heterocycles. The zero-order valence-electron chi connectivity index (χ0n) is 8.46. The predicted octanol–water partition coefficient (Wildman–Crippen LogP) is 3.20. The van der Waals surface area contributed by atoms with Crippen LogP contribution in [0.4, 0.5) is 0 Å². The predicted molar refractivity (Wildman–Crippen MR) is 60.9 cm³/mol. The van der Waals surface area contributed by atoms with E-state index in [2.05, 4.69) is 24.4 Å². The van der Waals surface area contributed by atoms with Gasteiger partial charge in [0.1, 0.15) is 0 Å². The Morgan fingerprint density at radius 3 is 2.71 bits per heavy atom. The van der Waals surface area contributed by atoms with Gasteiger partial charge in [0.05, 0.1) is 0 Å². The molecule has 1 aliphatic carbocycles. The number of nitrogens with one attached hydrogen (secondary N) is 1. The topological polar surface area (TPSA) is 12.0 Å². The molecule has 1 N–H and O–H groups in total. The highest BCUT2D eigenvalue weighted by molar-refractivity contribution is 6.30. The SMILES string of the molecule is CCCN[C@@H]1C[C@H]1c1ccc(Cl)cc1. The van der Waals surface area contributed by atoms with Gasteiger partial charge in [-0.05, 0) is 37.1 Å². The van der Waals surface area contributed by atoms with Gasteiger partial charge in [-0.25, -0.2) is 0 Å². The first kappa shape index (κ1) is 10.0. The molecule has 1 nitrogen and oxygen atoms in total. The van der Waals surface area contributed by atoms with Crippen LogP contribution in [0.3, 0.4) is 0 Å². The largest absolute Gasteiger partial charge is 0.313 e. The van der Waals surface area contributed by atoms with Gasteiger partial charge in [-0.15, -0.1) is 0 Å². The van der Waals surface area contributed by atoms with Gasteiger partial charge in [-0.3, -0.25) is 0 Å². The van der Waals surface area contributed by atoms with Crippen LogP contribution in [0.25, 0.3) is 0 Å². The minimum absolute atomic E-state index is 0.705. The second-order valence-corrected chi connectivity index (χ2v) is 4.39. The Hall–Kier alpha value is -0.530. The molecule has 2 atom stereocenters. The highest BCUT2D eigenvalue weighted by Gasteiger charge is 2.37. The fourth-order valence-electron chi connectivity index (χ4n) is 1.83. The first-order chi connectivity index (χ1) is 6.81. The summed E-state index contributed by atoms with van der Waals surface area (Å²) in [4.78, 5) is 0. The third-order valence-electron chi connectivity index (χ3n) is 2.75. The molecule has 1 saturated carbocycles. The number of rotatable bonds is 4. The summed E-state index contributed by atoms with van der Waals surface area (Å²) in [5.41, 5.74) is 1.42. The van der Waals surface area contributed by atoms with Crippen molar-refractivity contribution >= 4 is 11.6 Å². The second-order valence-electron chi connectivity index (χ2n) is 3.95. The van der Waals surface area contributed by atoms with E-state index in [-0.39, 0.29) is 0 Å². The first-order valence-corrected chi connectivity index (χ1v) is 5.68. The van der Waals surface area contributed by atoms with Gasteiger partial charge in [0, 0.05) is 17.0 Å². The molecule has 1 aromatic carbocycles. The third kappa shape index (κ3) is 2.28. The third-order valence-corrected chi connectivity index (χ3v) is 3.00. The van der Waals surface area contributed by atoms with E-state index in [9.17, 15) is 0 Å². The van der Waals surface area contributed by atoms with Crippen LogP contribution in [-0.4, -0.2) is 12.6 Å². The molecule has 2 heteroatoms. The normalized spacial score (nSPS) is 25.0. The van der Waals surface area contributed by atoms with E-state index in [1.807, 2.05) is 12.1 Å². The van der Waals surface area contributed by atoms with Gasteiger partial charge >= 0.3 is 0 Å². The van der Waals surface area contributed by atoms with Gasteiger partial charge in [0.25, 0.3) is 0 Å². The maximum atomic E-state index is 5.84. The van der Waals surface area contributed by atoms with Crippen molar-refractivity contribution in [2.75, 3.05) is 6.54 Å². The lowest BCUT2D eigenvalue weighted by molar-refractivity contribution is 0.658. The van der Waals surface area contributed by atoms with E-state index < -0.39 is 0 Å². The molecule has 2 rings (SSSR count). The van der Waals surface area contributed by atoms with Crippen molar-refractivity contribution in [3.63, 3.8) is 0 Å². The molecule has 0 aliphatic heterocycles. The fourth-order valence-corrected chi connectivity index (χ4v) is 1.95. The van der Waals surface area contributed by atoms with Crippen LogP contribution in [0.1, 0.15) is 31.2 Å². The van der Waals surface area contributed by atoms with Crippen LogP contribution in [0.5, 0.6) is 0 Å². The van der Waals surface area contributed by atoms with Crippen molar-refractivity contribution in [2.24, 2.45) is 0 Å². The number of hydrogen-bond acceptors (Lipinski definition) is 1. The lowest BCUT2D eigenvalue weighted by atomic mass is 10.1. The Morgan fingerprint density at radius 1 is 1.36 bits per heavy atom. The minimum atomic E-state index is 0.705. The molecule has 0 unspecified atom stereocenters. The summed E-state index contributed by atoms with van der Waals surface area (Å²) in [6, 6.07) is 8.94. The molecule has 76 valence electrons. The van der Waals surface area contributed by atoms with E-state index >= 15 is 0 Å². The Kier molecular flexibility index (Phi) is 3.09. The molecule has 0 spiro atoms. The molecule has 14 heavy (non-hydrogen) atoms. The van der Waals surface area contributed by atoms with E-state index in [1.54, 1.807) is 0 Å². The molecular weight excluding hydrogens is 194 g/mol. The van der Waals surface area contributed by atoms with Gasteiger partial charge < -0.3 is 5.32 Å². The van der Waals surface area contributed by atoms with Crippen molar-refractivity contribution in [1.82, 2.24) is 5.32 Å². The number of hydrogen-bond donors (Lipinski definition) is 1. The van der Waals surface area contributed by atoms with Crippen LogP contribution < -0.4 is 5.32 Å². The molecular formula is C12H16ClN.